The number of hydrogen-bond donors (Lipinski definition) is 0. The Kier molecular flexibility index (Phi) is 7.61. The highest BCUT2D eigenvalue weighted by Crippen LogP contribution is 2.35. The van der Waals surface area contributed by atoms with Crippen LogP contribution < -0.4 is 14.2 Å². The first kappa shape index (κ1) is 26.6. The van der Waals surface area contributed by atoms with E-state index in [0.717, 1.165) is 11.5 Å². The SMILES string of the molecule is COCCOc1cc2ncnc(N=C3CC(=O)C(Oc4ccc5ccccc5c4C(C)=O)=CC3=O)c2cc1OC. The fourth-order valence-electron chi connectivity index (χ4n) is 4.38. The van der Waals surface area contributed by atoms with E-state index < -0.39 is 11.6 Å². The standard InChI is InChI=1S/C30H25N3O7/c1-17(34)29-19-7-5-4-6-18(19)8-9-25(29)40-26-15-23(35)22(13-24(26)36)33-30-20-12-27(38-3)28(39-11-10-37-2)14-21(20)31-16-32-30/h4-9,12,14-16H,10-11,13H2,1-3H3. The lowest BCUT2D eigenvalue weighted by Gasteiger charge is -2.17. The molecule has 10 nitrogen and oxygen atoms in total. The van der Waals surface area contributed by atoms with Gasteiger partial charge in [-0.05, 0) is 29.8 Å². The molecule has 3 aromatic carbocycles. The van der Waals surface area contributed by atoms with Gasteiger partial charge in [0.15, 0.2) is 28.9 Å². The van der Waals surface area contributed by atoms with Crippen molar-refractivity contribution >= 4 is 50.6 Å². The van der Waals surface area contributed by atoms with Gasteiger partial charge in [0.1, 0.15) is 18.7 Å². The van der Waals surface area contributed by atoms with Crippen LogP contribution in [0.3, 0.4) is 0 Å². The quantitative estimate of drug-likeness (QED) is 0.222. The van der Waals surface area contributed by atoms with Crippen LogP contribution in [0.25, 0.3) is 21.7 Å². The maximum Gasteiger partial charge on any atom is 0.204 e. The van der Waals surface area contributed by atoms with Crippen molar-refractivity contribution in [2.24, 2.45) is 4.99 Å². The number of methoxy groups -OCH3 is 2. The summed E-state index contributed by atoms with van der Waals surface area (Å²) in [6.07, 6.45) is 2.11. The third-order valence-corrected chi connectivity index (χ3v) is 6.30. The molecule has 5 rings (SSSR count). The molecule has 0 unspecified atom stereocenters. The Morgan fingerprint density at radius 2 is 1.77 bits per heavy atom. The largest absolute Gasteiger partial charge is 0.493 e. The molecule has 0 bridgehead atoms. The van der Waals surface area contributed by atoms with E-state index in [2.05, 4.69) is 15.0 Å². The molecule has 1 aromatic heterocycles. The highest BCUT2D eigenvalue weighted by molar-refractivity contribution is 6.50. The number of nitrogens with zero attached hydrogens (tertiary/aromatic N) is 3. The van der Waals surface area contributed by atoms with Gasteiger partial charge in [-0.25, -0.2) is 15.0 Å². The van der Waals surface area contributed by atoms with Crippen LogP contribution in [0.1, 0.15) is 23.7 Å². The van der Waals surface area contributed by atoms with Gasteiger partial charge in [-0.2, -0.15) is 0 Å². The highest BCUT2D eigenvalue weighted by Gasteiger charge is 2.28. The van der Waals surface area contributed by atoms with Crippen LogP contribution >= 0.6 is 0 Å². The van der Waals surface area contributed by atoms with Crippen molar-refractivity contribution in [3.05, 3.63) is 72.3 Å². The van der Waals surface area contributed by atoms with E-state index in [1.807, 2.05) is 24.3 Å². The molecule has 202 valence electrons. The molecule has 40 heavy (non-hydrogen) atoms. The number of hydrogen-bond acceptors (Lipinski definition) is 10. The number of rotatable bonds is 9. The molecule has 1 aliphatic carbocycles. The summed E-state index contributed by atoms with van der Waals surface area (Å²) in [5.74, 6) is -0.0274. The monoisotopic (exact) mass is 539 g/mol. The fourth-order valence-corrected chi connectivity index (χ4v) is 4.38. The highest BCUT2D eigenvalue weighted by atomic mass is 16.5. The Labute approximate surface area is 229 Å². The fraction of sp³-hybridized carbons (Fsp3) is 0.200. The molecule has 0 atom stereocenters. The van der Waals surface area contributed by atoms with Gasteiger partial charge in [0, 0.05) is 24.6 Å². The second kappa shape index (κ2) is 11.4. The number of ketones is 3. The molecule has 0 saturated heterocycles. The van der Waals surface area contributed by atoms with Crippen molar-refractivity contribution in [3.63, 3.8) is 0 Å². The lowest BCUT2D eigenvalue weighted by atomic mass is 9.99. The van der Waals surface area contributed by atoms with Gasteiger partial charge in [-0.15, -0.1) is 0 Å². The number of Topliss-reactive ketones (excluding diaryl/α,β-unsaturated/α-hetero) is 2. The summed E-state index contributed by atoms with van der Waals surface area (Å²) in [7, 11) is 3.08. The molecule has 4 aromatic rings. The number of fused-ring (bicyclic) bond motifs is 2. The summed E-state index contributed by atoms with van der Waals surface area (Å²) in [6.45, 7) is 2.15. The van der Waals surface area contributed by atoms with E-state index >= 15 is 0 Å². The van der Waals surface area contributed by atoms with Gasteiger partial charge in [-0.1, -0.05) is 30.3 Å². The first-order valence-electron chi connectivity index (χ1n) is 12.4. The summed E-state index contributed by atoms with van der Waals surface area (Å²) >= 11 is 0. The first-order chi connectivity index (χ1) is 19.4. The van der Waals surface area contributed by atoms with Crippen molar-refractivity contribution in [2.45, 2.75) is 13.3 Å². The second-order valence-corrected chi connectivity index (χ2v) is 8.91. The molecule has 0 fully saturated rings. The van der Waals surface area contributed by atoms with E-state index in [1.165, 1.54) is 20.4 Å². The number of benzene rings is 3. The Hall–Kier alpha value is -4.96. The summed E-state index contributed by atoms with van der Waals surface area (Å²) < 4.78 is 22.0. The van der Waals surface area contributed by atoms with Crippen molar-refractivity contribution in [3.8, 4) is 17.2 Å². The first-order valence-corrected chi connectivity index (χ1v) is 12.4. The summed E-state index contributed by atoms with van der Waals surface area (Å²) in [5, 5.41) is 2.07. The van der Waals surface area contributed by atoms with Crippen molar-refractivity contribution < 1.29 is 33.3 Å². The van der Waals surface area contributed by atoms with Crippen LogP contribution in [-0.4, -0.2) is 60.5 Å². The molecule has 0 saturated carbocycles. The lowest BCUT2D eigenvalue weighted by Crippen LogP contribution is -2.26. The maximum absolute atomic E-state index is 13.0. The minimum atomic E-state index is -0.502. The van der Waals surface area contributed by atoms with Crippen molar-refractivity contribution in [1.82, 2.24) is 9.97 Å². The molecule has 1 aliphatic rings. The Balaban J connectivity index is 1.46. The molecule has 0 spiro atoms. The smallest absolute Gasteiger partial charge is 0.204 e. The summed E-state index contributed by atoms with van der Waals surface area (Å²) in [6, 6.07) is 14.1. The van der Waals surface area contributed by atoms with Gasteiger partial charge in [0.2, 0.25) is 11.6 Å². The number of carbonyl (C=O) groups is 3. The van der Waals surface area contributed by atoms with Gasteiger partial charge in [-0.3, -0.25) is 14.4 Å². The number of aromatic nitrogens is 2. The van der Waals surface area contributed by atoms with Crippen LogP contribution in [0, 0.1) is 0 Å². The zero-order valence-electron chi connectivity index (χ0n) is 22.1. The summed E-state index contributed by atoms with van der Waals surface area (Å²) in [5.41, 5.74) is 0.859. The van der Waals surface area contributed by atoms with Crippen LogP contribution in [0.2, 0.25) is 0 Å². The predicted molar refractivity (Wildman–Crippen MR) is 148 cm³/mol. The van der Waals surface area contributed by atoms with E-state index in [0.29, 0.717) is 46.6 Å². The average Bonchev–Trinajstić information content (AvgIpc) is 2.95. The van der Waals surface area contributed by atoms with Gasteiger partial charge >= 0.3 is 0 Å². The van der Waals surface area contributed by atoms with Crippen molar-refractivity contribution in [2.75, 3.05) is 27.4 Å². The molecule has 0 aliphatic heterocycles. The van der Waals surface area contributed by atoms with Gasteiger partial charge < -0.3 is 18.9 Å². The van der Waals surface area contributed by atoms with E-state index in [4.69, 9.17) is 18.9 Å². The second-order valence-electron chi connectivity index (χ2n) is 8.91. The zero-order chi connectivity index (χ0) is 28.2. The minimum Gasteiger partial charge on any atom is -0.493 e. The van der Waals surface area contributed by atoms with Gasteiger partial charge in [0.05, 0.1) is 36.9 Å². The molecule has 10 heteroatoms. The normalized spacial score (nSPS) is 14.5. The number of carbonyl (C=O) groups excluding carboxylic acids is 3. The molecule has 0 N–H and O–H groups in total. The molecular formula is C30H25N3O7. The van der Waals surface area contributed by atoms with Crippen molar-refractivity contribution in [1.29, 1.82) is 0 Å². The maximum atomic E-state index is 13.0. The molecule has 0 amide bonds. The molecule has 1 heterocycles. The molecule has 0 radical (unpaired) electrons. The lowest BCUT2D eigenvalue weighted by molar-refractivity contribution is -0.118. The third-order valence-electron chi connectivity index (χ3n) is 6.30. The van der Waals surface area contributed by atoms with E-state index in [1.54, 1.807) is 31.4 Å². The topological polar surface area (TPSA) is 126 Å². The average molecular weight is 540 g/mol. The van der Waals surface area contributed by atoms with E-state index in [-0.39, 0.29) is 35.2 Å². The summed E-state index contributed by atoms with van der Waals surface area (Å²) in [4.78, 5) is 51.4. The Morgan fingerprint density at radius 3 is 2.55 bits per heavy atom. The Bertz CT molecular complexity index is 1730. The van der Waals surface area contributed by atoms with Crippen LogP contribution in [0.4, 0.5) is 5.82 Å². The number of allylic oxidation sites excluding steroid dienone is 2. The van der Waals surface area contributed by atoms with Crippen LogP contribution in [0.15, 0.2) is 71.7 Å². The Morgan fingerprint density at radius 1 is 0.950 bits per heavy atom. The van der Waals surface area contributed by atoms with Crippen LogP contribution in [-0.2, 0) is 14.3 Å². The predicted octanol–water partition coefficient (Wildman–Crippen LogP) is 4.60. The van der Waals surface area contributed by atoms with Crippen LogP contribution in [0.5, 0.6) is 17.2 Å². The minimum absolute atomic E-state index is 0.00189. The zero-order valence-corrected chi connectivity index (χ0v) is 22.1. The third kappa shape index (κ3) is 5.29. The molecular weight excluding hydrogens is 514 g/mol. The number of ether oxygens (including phenoxy) is 4. The number of aliphatic imine (C=N–C) groups is 1. The van der Waals surface area contributed by atoms with E-state index in [9.17, 15) is 14.4 Å². The van der Waals surface area contributed by atoms with Gasteiger partial charge in [0.25, 0.3) is 0 Å².